The SMILES string of the molecule is CC(C)CCOC(C)C(=O)N(C)CC(C)C(=O)O. The highest BCUT2D eigenvalue weighted by atomic mass is 16.5. The third-order valence-corrected chi connectivity index (χ3v) is 2.76. The first kappa shape index (κ1) is 16.9. The van der Waals surface area contributed by atoms with E-state index in [1.807, 2.05) is 0 Å². The van der Waals surface area contributed by atoms with E-state index in [2.05, 4.69) is 13.8 Å². The zero-order valence-corrected chi connectivity index (χ0v) is 12.0. The lowest BCUT2D eigenvalue weighted by Crippen LogP contribution is -2.40. The molecular weight excluding hydrogens is 234 g/mol. The highest BCUT2D eigenvalue weighted by molar-refractivity contribution is 5.81. The number of carboxylic acid groups (broad SMARTS) is 1. The summed E-state index contributed by atoms with van der Waals surface area (Å²) >= 11 is 0. The van der Waals surface area contributed by atoms with E-state index in [-0.39, 0.29) is 12.5 Å². The summed E-state index contributed by atoms with van der Waals surface area (Å²) in [6.45, 7) is 8.22. The second-order valence-electron chi connectivity index (χ2n) is 5.15. The maximum Gasteiger partial charge on any atom is 0.308 e. The third kappa shape index (κ3) is 6.59. The van der Waals surface area contributed by atoms with Crippen LogP contribution >= 0.6 is 0 Å². The van der Waals surface area contributed by atoms with Crippen LogP contribution in [-0.4, -0.2) is 48.2 Å². The Bertz CT molecular complexity index is 278. The number of aliphatic carboxylic acids is 1. The number of hydrogen-bond donors (Lipinski definition) is 1. The van der Waals surface area contributed by atoms with Crippen molar-refractivity contribution in [2.45, 2.75) is 40.2 Å². The first-order valence-electron chi connectivity index (χ1n) is 6.35. The molecule has 0 saturated heterocycles. The van der Waals surface area contributed by atoms with Gasteiger partial charge in [-0.3, -0.25) is 9.59 Å². The summed E-state index contributed by atoms with van der Waals surface area (Å²) in [5.74, 6) is -1.10. The van der Waals surface area contributed by atoms with Gasteiger partial charge in [-0.25, -0.2) is 0 Å². The minimum absolute atomic E-state index is 0.174. The molecule has 0 aromatic rings. The van der Waals surface area contributed by atoms with E-state index in [0.29, 0.717) is 12.5 Å². The van der Waals surface area contributed by atoms with Crippen molar-refractivity contribution in [2.24, 2.45) is 11.8 Å². The number of carboxylic acids is 1. The molecule has 0 saturated carbocycles. The summed E-state index contributed by atoms with van der Waals surface area (Å²) in [6, 6.07) is 0. The fourth-order valence-electron chi connectivity index (χ4n) is 1.44. The smallest absolute Gasteiger partial charge is 0.308 e. The van der Waals surface area contributed by atoms with Crippen molar-refractivity contribution in [3.05, 3.63) is 0 Å². The Balaban J connectivity index is 4.08. The molecule has 0 aromatic carbocycles. The molecule has 0 aliphatic rings. The molecule has 0 aromatic heterocycles. The minimum Gasteiger partial charge on any atom is -0.481 e. The van der Waals surface area contributed by atoms with Crippen molar-refractivity contribution < 1.29 is 19.4 Å². The molecule has 0 bridgehead atoms. The lowest BCUT2D eigenvalue weighted by atomic mass is 10.1. The van der Waals surface area contributed by atoms with Crippen molar-refractivity contribution in [3.63, 3.8) is 0 Å². The summed E-state index contributed by atoms with van der Waals surface area (Å²) in [5.41, 5.74) is 0. The molecule has 18 heavy (non-hydrogen) atoms. The number of rotatable bonds is 8. The molecule has 0 heterocycles. The van der Waals surface area contributed by atoms with Gasteiger partial charge in [0.1, 0.15) is 6.10 Å². The van der Waals surface area contributed by atoms with Gasteiger partial charge in [0, 0.05) is 20.2 Å². The van der Waals surface area contributed by atoms with Crippen molar-refractivity contribution in [2.75, 3.05) is 20.2 Å². The first-order valence-corrected chi connectivity index (χ1v) is 6.35. The molecule has 1 amide bonds. The van der Waals surface area contributed by atoms with Crippen LogP contribution in [0.5, 0.6) is 0 Å². The Labute approximate surface area is 109 Å². The Morgan fingerprint density at radius 3 is 2.22 bits per heavy atom. The number of ether oxygens (including phenoxy) is 1. The molecule has 0 rings (SSSR count). The van der Waals surface area contributed by atoms with Gasteiger partial charge in [-0.1, -0.05) is 20.8 Å². The molecule has 5 nitrogen and oxygen atoms in total. The molecule has 0 spiro atoms. The van der Waals surface area contributed by atoms with Gasteiger partial charge in [-0.05, 0) is 19.3 Å². The van der Waals surface area contributed by atoms with Crippen LogP contribution in [-0.2, 0) is 14.3 Å². The van der Waals surface area contributed by atoms with Crippen LogP contribution in [0.25, 0.3) is 0 Å². The molecule has 106 valence electrons. The summed E-state index contributed by atoms with van der Waals surface area (Å²) < 4.78 is 5.44. The van der Waals surface area contributed by atoms with Gasteiger partial charge in [0.05, 0.1) is 5.92 Å². The normalized spacial score (nSPS) is 14.3. The van der Waals surface area contributed by atoms with Gasteiger partial charge >= 0.3 is 5.97 Å². The maximum absolute atomic E-state index is 11.9. The van der Waals surface area contributed by atoms with Crippen molar-refractivity contribution in [1.82, 2.24) is 4.90 Å². The van der Waals surface area contributed by atoms with Crippen molar-refractivity contribution in [3.8, 4) is 0 Å². The average Bonchev–Trinajstić information content (AvgIpc) is 2.26. The van der Waals surface area contributed by atoms with Gasteiger partial charge in [-0.2, -0.15) is 0 Å². The summed E-state index contributed by atoms with van der Waals surface area (Å²) in [4.78, 5) is 24.0. The molecule has 5 heteroatoms. The number of nitrogens with zero attached hydrogens (tertiary/aromatic N) is 1. The van der Waals surface area contributed by atoms with E-state index >= 15 is 0 Å². The van der Waals surface area contributed by atoms with Crippen LogP contribution in [0.2, 0.25) is 0 Å². The molecule has 2 unspecified atom stereocenters. The lowest BCUT2D eigenvalue weighted by Gasteiger charge is -2.23. The first-order chi connectivity index (χ1) is 8.25. The van der Waals surface area contributed by atoms with Crippen LogP contribution in [0.4, 0.5) is 0 Å². The predicted octanol–water partition coefficient (Wildman–Crippen LogP) is 1.62. The minimum atomic E-state index is -0.900. The van der Waals surface area contributed by atoms with E-state index < -0.39 is 18.0 Å². The molecule has 0 fully saturated rings. The zero-order valence-electron chi connectivity index (χ0n) is 12.0. The van der Waals surface area contributed by atoms with Gasteiger partial charge in [0.2, 0.25) is 0 Å². The van der Waals surface area contributed by atoms with Crippen LogP contribution in [0.15, 0.2) is 0 Å². The van der Waals surface area contributed by atoms with Gasteiger partial charge < -0.3 is 14.7 Å². The Kier molecular flexibility index (Phi) is 7.59. The molecule has 0 aliphatic heterocycles. The lowest BCUT2D eigenvalue weighted by molar-refractivity contribution is -0.146. The predicted molar refractivity (Wildman–Crippen MR) is 69.3 cm³/mol. The van der Waals surface area contributed by atoms with E-state index in [9.17, 15) is 9.59 Å². The molecule has 0 aliphatic carbocycles. The quantitative estimate of drug-likeness (QED) is 0.719. The largest absolute Gasteiger partial charge is 0.481 e. The summed E-state index contributed by atoms with van der Waals surface area (Å²) in [5, 5.41) is 8.78. The maximum atomic E-state index is 11.9. The fraction of sp³-hybridized carbons (Fsp3) is 0.846. The second kappa shape index (κ2) is 8.08. The summed E-state index contributed by atoms with van der Waals surface area (Å²) in [7, 11) is 1.60. The average molecular weight is 259 g/mol. The highest BCUT2D eigenvalue weighted by Gasteiger charge is 2.22. The van der Waals surface area contributed by atoms with Gasteiger partial charge in [-0.15, -0.1) is 0 Å². The molecule has 2 atom stereocenters. The van der Waals surface area contributed by atoms with E-state index in [0.717, 1.165) is 6.42 Å². The number of amides is 1. The van der Waals surface area contributed by atoms with Crippen molar-refractivity contribution >= 4 is 11.9 Å². The van der Waals surface area contributed by atoms with E-state index in [4.69, 9.17) is 9.84 Å². The van der Waals surface area contributed by atoms with E-state index in [1.54, 1.807) is 20.9 Å². The van der Waals surface area contributed by atoms with Crippen LogP contribution < -0.4 is 0 Å². The number of likely N-dealkylation sites (N-methyl/N-ethyl adjacent to an activating group) is 1. The van der Waals surface area contributed by atoms with Crippen molar-refractivity contribution in [1.29, 1.82) is 0 Å². The monoisotopic (exact) mass is 259 g/mol. The fourth-order valence-corrected chi connectivity index (χ4v) is 1.44. The third-order valence-electron chi connectivity index (χ3n) is 2.76. The number of carbonyl (C=O) groups excluding carboxylic acids is 1. The van der Waals surface area contributed by atoms with Gasteiger partial charge in [0.15, 0.2) is 0 Å². The molecule has 1 N–H and O–H groups in total. The Morgan fingerprint density at radius 2 is 1.78 bits per heavy atom. The highest BCUT2D eigenvalue weighted by Crippen LogP contribution is 2.05. The van der Waals surface area contributed by atoms with Crippen LogP contribution in [0.1, 0.15) is 34.1 Å². The summed E-state index contributed by atoms with van der Waals surface area (Å²) in [6.07, 6.45) is 0.391. The van der Waals surface area contributed by atoms with Gasteiger partial charge in [0.25, 0.3) is 5.91 Å². The molecule has 0 radical (unpaired) electrons. The molecular formula is C13H25NO4. The standard InChI is InChI=1S/C13H25NO4/c1-9(2)6-7-18-11(4)12(15)14(5)8-10(3)13(16)17/h9-11H,6-8H2,1-5H3,(H,16,17). The Morgan fingerprint density at radius 1 is 1.22 bits per heavy atom. The second-order valence-corrected chi connectivity index (χ2v) is 5.15. The number of carbonyl (C=O) groups is 2. The number of hydrogen-bond acceptors (Lipinski definition) is 3. The zero-order chi connectivity index (χ0) is 14.3. The van der Waals surface area contributed by atoms with Crippen LogP contribution in [0, 0.1) is 11.8 Å². The van der Waals surface area contributed by atoms with Crippen LogP contribution in [0.3, 0.4) is 0 Å². The van der Waals surface area contributed by atoms with E-state index in [1.165, 1.54) is 4.90 Å². The Hall–Kier alpha value is -1.10. The topological polar surface area (TPSA) is 66.8 Å².